The first-order valence-electron chi connectivity index (χ1n) is 5.72. The Hall–Kier alpha value is -1.68. The van der Waals surface area contributed by atoms with E-state index >= 15 is 0 Å². The molecule has 10 heteroatoms. The summed E-state index contributed by atoms with van der Waals surface area (Å²) in [6, 6.07) is 1.74. The second-order valence-electron chi connectivity index (χ2n) is 4.21. The smallest absolute Gasteiger partial charge is 0.330 e. The van der Waals surface area contributed by atoms with Gasteiger partial charge in [-0.1, -0.05) is 5.16 Å². The van der Waals surface area contributed by atoms with Crippen LogP contribution in [0.3, 0.4) is 0 Å². The summed E-state index contributed by atoms with van der Waals surface area (Å²) in [6.07, 6.45) is -3.79. The summed E-state index contributed by atoms with van der Waals surface area (Å²) in [5.41, 5.74) is 6.29. The molecule has 0 aromatic carbocycles. The van der Waals surface area contributed by atoms with Gasteiger partial charge in [-0.15, -0.1) is 11.3 Å². The number of rotatable bonds is 6. The lowest BCUT2D eigenvalue weighted by Gasteiger charge is -2.14. The zero-order valence-electron chi connectivity index (χ0n) is 10.8. The number of anilines is 1. The lowest BCUT2D eigenvalue weighted by molar-refractivity contribution is -0.168. The second kappa shape index (κ2) is 5.98. The molecule has 2 heterocycles. The molecular formula is C11H11F4N3O2S. The van der Waals surface area contributed by atoms with E-state index in [1.54, 1.807) is 6.07 Å². The number of hydrogen-bond acceptors (Lipinski definition) is 6. The molecule has 116 valence electrons. The number of nitrogen functional groups attached to an aromatic ring is 1. The zero-order valence-corrected chi connectivity index (χ0v) is 11.6. The Balaban J connectivity index is 1.97. The van der Waals surface area contributed by atoms with Crippen molar-refractivity contribution < 1.29 is 26.8 Å². The van der Waals surface area contributed by atoms with Gasteiger partial charge in [0.15, 0.2) is 5.82 Å². The van der Waals surface area contributed by atoms with E-state index in [1.807, 2.05) is 6.92 Å². The van der Waals surface area contributed by atoms with Gasteiger partial charge < -0.3 is 15.0 Å². The molecule has 0 atom stereocenters. The molecule has 5 nitrogen and oxygen atoms in total. The van der Waals surface area contributed by atoms with E-state index in [4.69, 9.17) is 10.3 Å². The highest BCUT2D eigenvalue weighted by atomic mass is 32.1. The normalized spacial score (nSPS) is 12.3. The number of aryl methyl sites for hydroxylation is 1. The summed E-state index contributed by atoms with van der Waals surface area (Å²) in [6.45, 7) is -0.0413. The molecule has 0 spiro atoms. The third kappa shape index (κ3) is 3.70. The molecule has 0 saturated carbocycles. The van der Waals surface area contributed by atoms with Gasteiger partial charge in [-0.25, -0.2) is 8.78 Å². The van der Waals surface area contributed by atoms with Crippen LogP contribution in [0.1, 0.15) is 10.7 Å². The van der Waals surface area contributed by atoms with Crippen LogP contribution < -0.4 is 5.73 Å². The number of aromatic nitrogens is 2. The predicted molar refractivity (Wildman–Crippen MR) is 67.4 cm³/mol. The lowest BCUT2D eigenvalue weighted by Crippen LogP contribution is -2.32. The Morgan fingerprint density at radius 2 is 2.19 bits per heavy atom. The monoisotopic (exact) mass is 325 g/mol. The number of ether oxygens (including phenoxy) is 1. The molecule has 2 N–H and O–H groups in total. The van der Waals surface area contributed by atoms with Gasteiger partial charge >= 0.3 is 12.3 Å². The fraction of sp³-hybridized carbons (Fsp3) is 0.455. The van der Waals surface area contributed by atoms with Gasteiger partial charge in [0.1, 0.15) is 13.2 Å². The third-order valence-electron chi connectivity index (χ3n) is 2.43. The van der Waals surface area contributed by atoms with E-state index in [-0.39, 0.29) is 11.7 Å². The van der Waals surface area contributed by atoms with E-state index in [9.17, 15) is 17.6 Å². The Kier molecular flexibility index (Phi) is 4.47. The van der Waals surface area contributed by atoms with Gasteiger partial charge in [0, 0.05) is 4.88 Å². The van der Waals surface area contributed by atoms with Gasteiger partial charge in [-0.05, 0) is 13.0 Å². The van der Waals surface area contributed by atoms with Crippen molar-refractivity contribution in [2.24, 2.45) is 0 Å². The van der Waals surface area contributed by atoms with Crippen molar-refractivity contribution in [3.63, 3.8) is 0 Å². The quantitative estimate of drug-likeness (QED) is 0.826. The maximum atomic E-state index is 12.6. The lowest BCUT2D eigenvalue weighted by atomic mass is 10.3. The van der Waals surface area contributed by atoms with Crippen LogP contribution in [0.4, 0.5) is 22.6 Å². The van der Waals surface area contributed by atoms with Crippen molar-refractivity contribution in [2.45, 2.75) is 25.9 Å². The van der Waals surface area contributed by atoms with Gasteiger partial charge in [0.25, 0.3) is 5.89 Å². The minimum atomic E-state index is -4.21. The maximum absolute atomic E-state index is 12.6. The SMILES string of the molecule is Cc1cc(-c2nc(COCC(F)(F)C(F)F)no2)c(N)s1. The molecule has 0 aliphatic carbocycles. The summed E-state index contributed by atoms with van der Waals surface area (Å²) in [5.74, 6) is -4.11. The van der Waals surface area contributed by atoms with E-state index in [2.05, 4.69) is 14.9 Å². The minimum absolute atomic E-state index is 0.0293. The molecular weight excluding hydrogens is 314 g/mol. The molecule has 0 fully saturated rings. The fourth-order valence-electron chi connectivity index (χ4n) is 1.46. The number of nitrogens with zero attached hydrogens (tertiary/aromatic N) is 2. The molecule has 2 aromatic rings. The number of alkyl halides is 4. The van der Waals surface area contributed by atoms with Crippen molar-refractivity contribution >= 4 is 16.3 Å². The fourth-order valence-corrected chi connectivity index (χ4v) is 2.24. The van der Waals surface area contributed by atoms with Crippen LogP contribution in [0.2, 0.25) is 0 Å². The first-order valence-corrected chi connectivity index (χ1v) is 6.54. The molecule has 0 amide bonds. The molecule has 2 aromatic heterocycles. The van der Waals surface area contributed by atoms with Crippen LogP contribution in [0.5, 0.6) is 0 Å². The number of thiophene rings is 1. The molecule has 0 aliphatic rings. The number of hydrogen-bond donors (Lipinski definition) is 1. The summed E-state index contributed by atoms with van der Waals surface area (Å²) in [7, 11) is 0. The van der Waals surface area contributed by atoms with Crippen molar-refractivity contribution in [3.05, 3.63) is 16.8 Å². The molecule has 0 aliphatic heterocycles. The van der Waals surface area contributed by atoms with Gasteiger partial charge in [-0.3, -0.25) is 0 Å². The van der Waals surface area contributed by atoms with Gasteiger partial charge in [0.05, 0.1) is 10.6 Å². The first-order chi connectivity index (χ1) is 9.79. The molecule has 2 rings (SSSR count). The number of halogens is 4. The molecule has 0 saturated heterocycles. The van der Waals surface area contributed by atoms with E-state index in [1.165, 1.54) is 11.3 Å². The van der Waals surface area contributed by atoms with Crippen LogP contribution in [0, 0.1) is 6.92 Å². The number of nitrogens with two attached hydrogens (primary N) is 1. The van der Waals surface area contributed by atoms with Crippen LogP contribution in [0.25, 0.3) is 11.5 Å². The van der Waals surface area contributed by atoms with Gasteiger partial charge in [0.2, 0.25) is 0 Å². The highest BCUT2D eigenvalue weighted by molar-refractivity contribution is 7.16. The largest absolute Gasteiger partial charge is 0.390 e. The Labute approximate surface area is 120 Å². The van der Waals surface area contributed by atoms with Crippen LogP contribution >= 0.6 is 11.3 Å². The molecule has 0 unspecified atom stereocenters. The Morgan fingerprint density at radius 3 is 2.76 bits per heavy atom. The van der Waals surface area contributed by atoms with E-state index < -0.39 is 25.6 Å². The van der Waals surface area contributed by atoms with Crippen molar-refractivity contribution in [2.75, 3.05) is 12.3 Å². The summed E-state index contributed by atoms with van der Waals surface area (Å²) < 4.78 is 58.5. The Bertz CT molecular complexity index is 614. The van der Waals surface area contributed by atoms with Crippen molar-refractivity contribution in [3.8, 4) is 11.5 Å². The summed E-state index contributed by atoms with van der Waals surface area (Å²) in [5, 5.41) is 3.99. The van der Waals surface area contributed by atoms with Gasteiger partial charge in [-0.2, -0.15) is 13.8 Å². The predicted octanol–water partition coefficient (Wildman–Crippen LogP) is 3.11. The highest BCUT2D eigenvalue weighted by Gasteiger charge is 2.41. The van der Waals surface area contributed by atoms with E-state index in [0.29, 0.717) is 10.6 Å². The average Bonchev–Trinajstić information content (AvgIpc) is 2.95. The standard InChI is InChI=1S/C11H11F4N3O2S/c1-5-2-6(8(16)21-5)9-17-7(18-20-9)3-19-4-11(14,15)10(12)13/h2,10H,3-4,16H2,1H3. The minimum Gasteiger partial charge on any atom is -0.390 e. The van der Waals surface area contributed by atoms with Crippen molar-refractivity contribution in [1.29, 1.82) is 0 Å². The Morgan fingerprint density at radius 1 is 1.48 bits per heavy atom. The topological polar surface area (TPSA) is 74.2 Å². The molecule has 21 heavy (non-hydrogen) atoms. The second-order valence-corrected chi connectivity index (χ2v) is 5.49. The summed E-state index contributed by atoms with van der Waals surface area (Å²) >= 11 is 1.33. The first kappa shape index (κ1) is 15.7. The van der Waals surface area contributed by atoms with Crippen LogP contribution in [-0.4, -0.2) is 29.1 Å². The van der Waals surface area contributed by atoms with Crippen molar-refractivity contribution in [1.82, 2.24) is 10.1 Å². The highest BCUT2D eigenvalue weighted by Crippen LogP contribution is 2.32. The van der Waals surface area contributed by atoms with Crippen LogP contribution in [0.15, 0.2) is 10.6 Å². The third-order valence-corrected chi connectivity index (χ3v) is 3.31. The maximum Gasteiger partial charge on any atom is 0.330 e. The zero-order chi connectivity index (χ0) is 15.6. The molecule has 0 radical (unpaired) electrons. The van der Waals surface area contributed by atoms with E-state index in [0.717, 1.165) is 4.88 Å². The van der Waals surface area contributed by atoms with Crippen LogP contribution in [-0.2, 0) is 11.3 Å². The summed E-state index contributed by atoms with van der Waals surface area (Å²) in [4.78, 5) is 4.85. The molecule has 0 bridgehead atoms. The average molecular weight is 325 g/mol.